The molecule has 0 aliphatic carbocycles. The minimum atomic E-state index is -3.61. The number of nitrogens with zero attached hydrogens (tertiary/aromatic N) is 2. The van der Waals surface area contributed by atoms with E-state index in [2.05, 4.69) is 4.72 Å². The number of non-ortho nitro benzene ring substituents is 1. The Balaban J connectivity index is 1.48. The van der Waals surface area contributed by atoms with Crippen LogP contribution in [0.3, 0.4) is 0 Å². The molecule has 1 aliphatic rings. The van der Waals surface area contributed by atoms with Crippen LogP contribution in [0.5, 0.6) is 0 Å². The Bertz CT molecular complexity index is 1280. The van der Waals surface area contributed by atoms with E-state index < -0.39 is 14.9 Å². The number of carbonyl (C=O) groups excluding carboxylic acids is 1. The summed E-state index contributed by atoms with van der Waals surface area (Å²) in [5.74, 6) is -0.387. The third-order valence-corrected chi connectivity index (χ3v) is 7.49. The molecule has 34 heavy (non-hydrogen) atoms. The number of β-lactam (4-membered cyclic amide) rings is 1. The van der Waals surface area contributed by atoms with Gasteiger partial charge in [-0.05, 0) is 49.6 Å². The third-order valence-electron chi connectivity index (χ3n) is 6.01. The molecule has 1 saturated heterocycles. The summed E-state index contributed by atoms with van der Waals surface area (Å²) in [5, 5.41) is 11.0. The van der Waals surface area contributed by atoms with Gasteiger partial charge in [-0.15, -0.1) is 0 Å². The largest absolute Gasteiger partial charge is 0.304 e. The van der Waals surface area contributed by atoms with E-state index >= 15 is 0 Å². The summed E-state index contributed by atoms with van der Waals surface area (Å²) < 4.78 is 27.4. The minimum Gasteiger partial charge on any atom is -0.304 e. The van der Waals surface area contributed by atoms with Crippen LogP contribution in [-0.4, -0.2) is 25.8 Å². The molecule has 1 fully saturated rings. The quantitative estimate of drug-likeness (QED) is 0.212. The molecule has 1 aliphatic heterocycles. The van der Waals surface area contributed by atoms with Gasteiger partial charge in [0, 0.05) is 24.4 Å². The highest BCUT2D eigenvalue weighted by Gasteiger charge is 2.48. The predicted molar refractivity (Wildman–Crippen MR) is 129 cm³/mol. The van der Waals surface area contributed by atoms with Gasteiger partial charge in [0.2, 0.25) is 15.9 Å². The van der Waals surface area contributed by atoms with Crippen molar-refractivity contribution >= 4 is 27.3 Å². The molecule has 3 aromatic carbocycles. The number of carbonyl (C=O) groups is 1. The van der Waals surface area contributed by atoms with Crippen LogP contribution in [0.1, 0.15) is 30.0 Å². The molecule has 1 N–H and O–H groups in total. The predicted octanol–water partition coefficient (Wildman–Crippen LogP) is 4.37. The van der Waals surface area contributed by atoms with E-state index in [-0.39, 0.29) is 35.0 Å². The molecule has 176 valence electrons. The summed E-state index contributed by atoms with van der Waals surface area (Å²) >= 11 is 0. The molecule has 0 aromatic heterocycles. The zero-order valence-corrected chi connectivity index (χ0v) is 19.4. The van der Waals surface area contributed by atoms with Crippen molar-refractivity contribution in [2.24, 2.45) is 5.92 Å². The zero-order chi connectivity index (χ0) is 24.3. The molecule has 0 bridgehead atoms. The molecule has 0 unspecified atom stereocenters. The van der Waals surface area contributed by atoms with Gasteiger partial charge < -0.3 is 4.90 Å². The van der Waals surface area contributed by atoms with Crippen molar-refractivity contribution in [3.05, 3.63) is 100 Å². The third kappa shape index (κ3) is 4.85. The fraction of sp³-hybridized carbons (Fsp3) is 0.240. The van der Waals surface area contributed by atoms with Crippen LogP contribution in [0.4, 0.5) is 11.4 Å². The maximum Gasteiger partial charge on any atom is 0.269 e. The number of amides is 1. The SMILES string of the molecule is Cc1ccc(N2C(=O)[C@H](CCCNS(=O)(=O)c3ccccc3)[C@H]2c2ccc([N+](=O)[O-])cc2)cc1. The molecular weight excluding hydrogens is 454 g/mol. The molecule has 2 atom stereocenters. The smallest absolute Gasteiger partial charge is 0.269 e. The number of sulfonamides is 1. The maximum atomic E-state index is 13.1. The number of aryl methyl sites for hydroxylation is 1. The average molecular weight is 480 g/mol. The average Bonchev–Trinajstić information content (AvgIpc) is 2.84. The lowest BCUT2D eigenvalue weighted by Gasteiger charge is -2.47. The van der Waals surface area contributed by atoms with Gasteiger partial charge in [0.05, 0.1) is 21.8 Å². The summed E-state index contributed by atoms with van der Waals surface area (Å²) in [6.07, 6.45) is 0.966. The molecule has 1 amide bonds. The first kappa shape index (κ1) is 23.6. The minimum absolute atomic E-state index is 0.0110. The second-order valence-electron chi connectivity index (χ2n) is 8.30. The first-order valence-electron chi connectivity index (χ1n) is 11.0. The number of anilines is 1. The molecule has 3 aromatic rings. The van der Waals surface area contributed by atoms with Crippen molar-refractivity contribution in [3.63, 3.8) is 0 Å². The Morgan fingerprint density at radius 3 is 2.24 bits per heavy atom. The standard InChI is InChI=1S/C25H25N3O5S/c1-18-9-13-20(14-10-18)27-24(19-11-15-21(16-12-19)28(30)31)23(25(27)29)8-5-17-26-34(32,33)22-6-3-2-4-7-22/h2-4,6-7,9-16,23-24,26H,5,8,17H2,1H3/t23-,24-/m1/s1. The number of hydrogen-bond donors (Lipinski definition) is 1. The van der Waals surface area contributed by atoms with Gasteiger partial charge in [-0.1, -0.05) is 48.0 Å². The summed E-state index contributed by atoms with van der Waals surface area (Å²) in [7, 11) is -3.61. The molecule has 4 rings (SSSR count). The summed E-state index contributed by atoms with van der Waals surface area (Å²) in [5.41, 5.74) is 2.63. The van der Waals surface area contributed by atoms with Gasteiger partial charge in [0.15, 0.2) is 0 Å². The molecule has 9 heteroatoms. The fourth-order valence-corrected chi connectivity index (χ4v) is 5.30. The normalized spacial score (nSPS) is 17.9. The van der Waals surface area contributed by atoms with Gasteiger partial charge in [-0.2, -0.15) is 0 Å². The topological polar surface area (TPSA) is 110 Å². The number of nitrogens with one attached hydrogen (secondary N) is 1. The number of nitro groups is 1. The van der Waals surface area contributed by atoms with E-state index in [4.69, 9.17) is 0 Å². The van der Waals surface area contributed by atoms with Gasteiger partial charge >= 0.3 is 0 Å². The van der Waals surface area contributed by atoms with E-state index in [0.29, 0.717) is 12.8 Å². The van der Waals surface area contributed by atoms with Gasteiger partial charge in [-0.25, -0.2) is 13.1 Å². The molecule has 0 spiro atoms. The van der Waals surface area contributed by atoms with Crippen molar-refractivity contribution in [2.75, 3.05) is 11.4 Å². The highest BCUT2D eigenvalue weighted by atomic mass is 32.2. The zero-order valence-electron chi connectivity index (χ0n) is 18.6. The van der Waals surface area contributed by atoms with Crippen molar-refractivity contribution in [1.82, 2.24) is 4.72 Å². The van der Waals surface area contributed by atoms with E-state index in [1.807, 2.05) is 31.2 Å². The van der Waals surface area contributed by atoms with Crippen molar-refractivity contribution in [2.45, 2.75) is 30.7 Å². The Kier molecular flexibility index (Phi) is 6.76. The van der Waals surface area contributed by atoms with E-state index in [1.165, 1.54) is 24.3 Å². The molecule has 0 saturated carbocycles. The monoisotopic (exact) mass is 479 g/mol. The molecule has 8 nitrogen and oxygen atoms in total. The number of nitro benzene ring substituents is 1. The molecule has 1 heterocycles. The van der Waals surface area contributed by atoms with Crippen molar-refractivity contribution < 1.29 is 18.1 Å². The number of hydrogen-bond acceptors (Lipinski definition) is 5. The van der Waals surface area contributed by atoms with Crippen LogP contribution < -0.4 is 9.62 Å². The second kappa shape index (κ2) is 9.74. The van der Waals surface area contributed by atoms with E-state index in [0.717, 1.165) is 16.8 Å². The van der Waals surface area contributed by atoms with Crippen LogP contribution in [0, 0.1) is 23.0 Å². The van der Waals surface area contributed by atoms with Crippen LogP contribution >= 0.6 is 0 Å². The Morgan fingerprint density at radius 1 is 0.971 bits per heavy atom. The summed E-state index contributed by atoms with van der Waals surface area (Å²) in [4.78, 5) is 25.6. The Labute approximate surface area is 198 Å². The lowest BCUT2D eigenvalue weighted by atomic mass is 9.79. The van der Waals surface area contributed by atoms with Gasteiger partial charge in [-0.3, -0.25) is 14.9 Å². The maximum absolute atomic E-state index is 13.1. The second-order valence-corrected chi connectivity index (χ2v) is 10.1. The van der Waals surface area contributed by atoms with Crippen LogP contribution in [-0.2, 0) is 14.8 Å². The van der Waals surface area contributed by atoms with Crippen LogP contribution in [0.2, 0.25) is 0 Å². The lowest BCUT2D eigenvalue weighted by Crippen LogP contribution is -2.55. The number of rotatable bonds is 9. The number of benzene rings is 3. The van der Waals surface area contributed by atoms with Gasteiger partial charge in [0.1, 0.15) is 0 Å². The summed E-state index contributed by atoms with van der Waals surface area (Å²) in [6, 6.07) is 21.7. The van der Waals surface area contributed by atoms with Crippen LogP contribution in [0.15, 0.2) is 83.8 Å². The Morgan fingerprint density at radius 2 is 1.62 bits per heavy atom. The molecular formula is C25H25N3O5S. The lowest BCUT2D eigenvalue weighted by molar-refractivity contribution is -0.384. The fourth-order valence-electron chi connectivity index (χ4n) is 4.21. The summed E-state index contributed by atoms with van der Waals surface area (Å²) in [6.45, 7) is 2.17. The Hall–Kier alpha value is -3.56. The highest BCUT2D eigenvalue weighted by Crippen LogP contribution is 2.45. The first-order valence-corrected chi connectivity index (χ1v) is 12.4. The first-order chi connectivity index (χ1) is 16.3. The molecule has 0 radical (unpaired) electrons. The van der Waals surface area contributed by atoms with Crippen molar-refractivity contribution in [3.8, 4) is 0 Å². The van der Waals surface area contributed by atoms with Gasteiger partial charge in [0.25, 0.3) is 5.69 Å². The van der Waals surface area contributed by atoms with E-state index in [9.17, 15) is 23.3 Å². The van der Waals surface area contributed by atoms with E-state index in [1.54, 1.807) is 35.2 Å². The van der Waals surface area contributed by atoms with Crippen molar-refractivity contribution in [1.29, 1.82) is 0 Å². The van der Waals surface area contributed by atoms with Crippen LogP contribution in [0.25, 0.3) is 0 Å². The highest BCUT2D eigenvalue weighted by molar-refractivity contribution is 7.89.